The van der Waals surface area contributed by atoms with Crippen LogP contribution in [0.2, 0.25) is 0 Å². The van der Waals surface area contributed by atoms with E-state index in [-0.39, 0.29) is 0 Å². The van der Waals surface area contributed by atoms with E-state index in [1.165, 1.54) is 21.9 Å². The van der Waals surface area contributed by atoms with E-state index >= 15 is 0 Å². The molecule has 13 rings (SSSR count). The maximum atomic E-state index is 9.83. The highest BCUT2D eigenvalue weighted by atomic mass is 15.2. The summed E-state index contributed by atoms with van der Waals surface area (Å²) in [6.07, 6.45) is 0. The van der Waals surface area contributed by atoms with Crippen LogP contribution in [0.1, 0.15) is 22.3 Å². The zero-order valence-corrected chi connectivity index (χ0v) is 40.8. The quantitative estimate of drug-likeness (QED) is 0.145. The summed E-state index contributed by atoms with van der Waals surface area (Å²) >= 11 is 0. The molecule has 11 aromatic carbocycles. The highest BCUT2D eigenvalue weighted by Crippen LogP contribution is 2.46. The summed E-state index contributed by atoms with van der Waals surface area (Å²) < 4.78 is 4.70. The van der Waals surface area contributed by atoms with Crippen molar-refractivity contribution in [1.82, 2.24) is 9.13 Å². The minimum absolute atomic E-state index is 0.609. The summed E-state index contributed by atoms with van der Waals surface area (Å²) in [5, 5.41) is 26.5. The number of hydrogen-bond donors (Lipinski definition) is 0. The smallest absolute Gasteiger partial charge is 0.0991 e. The Balaban J connectivity index is 0.925. The van der Waals surface area contributed by atoms with Crippen LogP contribution in [0.15, 0.2) is 243 Å². The molecule has 13 aromatic rings. The van der Waals surface area contributed by atoms with Gasteiger partial charge in [0.2, 0.25) is 0 Å². The molecule has 0 saturated carbocycles. The second kappa shape index (κ2) is 17.9. The minimum atomic E-state index is 0.609. The van der Waals surface area contributed by atoms with Gasteiger partial charge in [0.05, 0.1) is 51.0 Å². The van der Waals surface area contributed by atoms with Crippen LogP contribution < -0.4 is 9.80 Å². The van der Waals surface area contributed by atoms with Crippen molar-refractivity contribution in [1.29, 1.82) is 10.5 Å². The Hall–Kier alpha value is -10.1. The lowest BCUT2D eigenvalue weighted by atomic mass is 9.96. The van der Waals surface area contributed by atoms with Crippen molar-refractivity contribution in [2.24, 2.45) is 0 Å². The summed E-state index contributed by atoms with van der Waals surface area (Å²) in [6, 6.07) is 90.4. The van der Waals surface area contributed by atoms with Crippen LogP contribution in [0.5, 0.6) is 0 Å². The van der Waals surface area contributed by atoms with Gasteiger partial charge < -0.3 is 18.9 Å². The predicted molar refractivity (Wildman–Crippen MR) is 306 cm³/mol. The van der Waals surface area contributed by atoms with E-state index in [0.717, 1.165) is 100 Å². The normalized spacial score (nSPS) is 11.4. The Morgan fingerprint density at radius 3 is 1.20 bits per heavy atom. The van der Waals surface area contributed by atoms with E-state index in [9.17, 15) is 10.5 Å². The molecule has 0 atom stereocenters. The first-order valence-corrected chi connectivity index (χ1v) is 24.9. The molecular weight excluding hydrogens is 901 g/mol. The summed E-state index contributed by atoms with van der Waals surface area (Å²) in [6.45, 7) is 4.24. The first-order chi connectivity index (χ1) is 36.4. The molecule has 0 spiro atoms. The van der Waals surface area contributed by atoms with Crippen molar-refractivity contribution in [3.05, 3.63) is 265 Å². The van der Waals surface area contributed by atoms with Crippen LogP contribution in [-0.4, -0.2) is 9.13 Å². The second-order valence-corrected chi connectivity index (χ2v) is 19.0. The molecule has 348 valence electrons. The van der Waals surface area contributed by atoms with Gasteiger partial charge in [0.1, 0.15) is 0 Å². The van der Waals surface area contributed by atoms with Crippen LogP contribution in [0, 0.1) is 36.5 Å². The van der Waals surface area contributed by atoms with Crippen LogP contribution >= 0.6 is 0 Å². The van der Waals surface area contributed by atoms with Crippen molar-refractivity contribution in [3.8, 4) is 34.6 Å². The molecule has 0 aliphatic heterocycles. The summed E-state index contributed by atoms with van der Waals surface area (Å²) in [5.41, 5.74) is 18.6. The van der Waals surface area contributed by atoms with Crippen LogP contribution in [0.4, 0.5) is 34.1 Å². The SMILES string of the molecule is Cc1ccc(-n2c3ccccc3c3cc(N(c4ccc(C#N)cc4)c4ccc(-c5ccc(N(c6ccc(C#N)cc6)c6ccc7c(c6)c6ccccc6n7-c6ccc(C)cc6)c6ccccc56)cc4)ccc32)cc1. The van der Waals surface area contributed by atoms with E-state index in [2.05, 4.69) is 239 Å². The van der Waals surface area contributed by atoms with E-state index < -0.39 is 0 Å². The van der Waals surface area contributed by atoms with Crippen molar-refractivity contribution in [2.75, 3.05) is 9.80 Å². The van der Waals surface area contributed by atoms with Gasteiger partial charge in [-0.05, 0) is 170 Å². The van der Waals surface area contributed by atoms with Gasteiger partial charge in [0, 0.05) is 66.7 Å². The predicted octanol–water partition coefficient (Wildman–Crippen LogP) is 18.0. The molecule has 6 heteroatoms. The Kier molecular flexibility index (Phi) is 10.6. The van der Waals surface area contributed by atoms with Gasteiger partial charge >= 0.3 is 0 Å². The third kappa shape index (κ3) is 7.41. The van der Waals surface area contributed by atoms with Gasteiger partial charge in [-0.2, -0.15) is 10.5 Å². The first-order valence-electron chi connectivity index (χ1n) is 24.9. The van der Waals surface area contributed by atoms with Crippen molar-refractivity contribution in [3.63, 3.8) is 0 Å². The summed E-state index contributed by atoms with van der Waals surface area (Å²) in [4.78, 5) is 4.59. The number of benzene rings is 11. The molecule has 6 nitrogen and oxygen atoms in total. The number of fused-ring (bicyclic) bond motifs is 7. The zero-order valence-electron chi connectivity index (χ0n) is 40.8. The van der Waals surface area contributed by atoms with Gasteiger partial charge in [-0.15, -0.1) is 0 Å². The molecule has 0 saturated heterocycles. The lowest BCUT2D eigenvalue weighted by Crippen LogP contribution is -2.11. The van der Waals surface area contributed by atoms with E-state index in [4.69, 9.17) is 0 Å². The molecule has 0 fully saturated rings. The fourth-order valence-electron chi connectivity index (χ4n) is 10.9. The fourth-order valence-corrected chi connectivity index (χ4v) is 10.9. The molecule has 2 heterocycles. The Morgan fingerprint density at radius 1 is 0.324 bits per heavy atom. The van der Waals surface area contributed by atoms with E-state index in [1.54, 1.807) is 0 Å². The van der Waals surface area contributed by atoms with Crippen LogP contribution in [-0.2, 0) is 0 Å². The largest absolute Gasteiger partial charge is 0.310 e. The molecule has 0 N–H and O–H groups in total. The van der Waals surface area contributed by atoms with Crippen LogP contribution in [0.25, 0.3) is 76.9 Å². The van der Waals surface area contributed by atoms with Gasteiger partial charge in [-0.1, -0.05) is 114 Å². The highest BCUT2D eigenvalue weighted by molar-refractivity contribution is 6.13. The Labute approximate surface area is 429 Å². The van der Waals surface area contributed by atoms with E-state index in [0.29, 0.717) is 11.1 Å². The number of aromatic nitrogens is 2. The molecule has 0 bridgehead atoms. The minimum Gasteiger partial charge on any atom is -0.310 e. The summed E-state index contributed by atoms with van der Waals surface area (Å²) in [7, 11) is 0. The van der Waals surface area contributed by atoms with Crippen molar-refractivity contribution in [2.45, 2.75) is 13.8 Å². The topological polar surface area (TPSA) is 63.9 Å². The second-order valence-electron chi connectivity index (χ2n) is 19.0. The number of para-hydroxylation sites is 2. The molecule has 2 aromatic heterocycles. The molecule has 0 unspecified atom stereocenters. The maximum Gasteiger partial charge on any atom is 0.0991 e. The van der Waals surface area contributed by atoms with Gasteiger partial charge in [0.25, 0.3) is 0 Å². The average molecular weight is 947 g/mol. The molecule has 0 aliphatic rings. The first kappa shape index (κ1) is 43.8. The maximum absolute atomic E-state index is 9.83. The fraction of sp³-hybridized carbons (Fsp3) is 0.0294. The van der Waals surface area contributed by atoms with Crippen molar-refractivity contribution >= 4 is 88.5 Å². The van der Waals surface area contributed by atoms with Crippen LogP contribution in [0.3, 0.4) is 0 Å². The number of nitrogens with zero attached hydrogens (tertiary/aromatic N) is 6. The van der Waals surface area contributed by atoms with Crippen molar-refractivity contribution < 1.29 is 0 Å². The third-order valence-electron chi connectivity index (χ3n) is 14.5. The number of nitriles is 2. The lowest BCUT2D eigenvalue weighted by molar-refractivity contribution is 1.17. The van der Waals surface area contributed by atoms with Gasteiger partial charge in [0.15, 0.2) is 0 Å². The number of aryl methyl sites for hydroxylation is 2. The molecule has 0 amide bonds. The zero-order chi connectivity index (χ0) is 49.9. The molecule has 0 radical (unpaired) electrons. The Morgan fingerprint density at radius 2 is 0.716 bits per heavy atom. The molecule has 74 heavy (non-hydrogen) atoms. The number of anilines is 6. The Bertz CT molecular complexity index is 4380. The monoisotopic (exact) mass is 946 g/mol. The molecule has 0 aliphatic carbocycles. The van der Waals surface area contributed by atoms with Gasteiger partial charge in [-0.25, -0.2) is 0 Å². The molecular formula is C68H46N6. The standard InChI is InChI=1S/C68H46N6/c1-45-15-25-53(26-16-45)73-64-13-7-5-11-60(64)62-41-55(35-38-67(62)73)71(50-29-19-47(43-69)20-30-50)51-33-23-49(24-34-51)57-37-40-66(59-10-4-3-9-58(57)59)72(52-31-21-48(44-70)22-32-52)56-36-39-68-63(42-56)61-12-6-8-14-65(61)74(68)54-27-17-46(2)18-28-54/h3-42H,1-2H3. The lowest BCUT2D eigenvalue weighted by Gasteiger charge is -2.28. The number of hydrogen-bond acceptors (Lipinski definition) is 4. The van der Waals surface area contributed by atoms with E-state index in [1.807, 2.05) is 48.5 Å². The summed E-state index contributed by atoms with van der Waals surface area (Å²) in [5.74, 6) is 0. The van der Waals surface area contributed by atoms with Gasteiger partial charge in [-0.3, -0.25) is 0 Å². The highest BCUT2D eigenvalue weighted by Gasteiger charge is 2.22. The third-order valence-corrected chi connectivity index (χ3v) is 14.5. The average Bonchev–Trinajstić information content (AvgIpc) is 4.00. The number of rotatable bonds is 9.